The SMILES string of the molecule is CCCC(C)(CC)C1CC(=O)NC1=O. The van der Waals surface area contributed by atoms with Gasteiger partial charge >= 0.3 is 0 Å². The third-order valence-corrected chi connectivity index (χ3v) is 3.44. The maximum Gasteiger partial charge on any atom is 0.230 e. The third-order valence-electron chi connectivity index (χ3n) is 3.44. The van der Waals surface area contributed by atoms with E-state index in [-0.39, 0.29) is 23.1 Å². The molecule has 0 aromatic rings. The van der Waals surface area contributed by atoms with Gasteiger partial charge in [0, 0.05) is 6.42 Å². The van der Waals surface area contributed by atoms with E-state index in [9.17, 15) is 9.59 Å². The summed E-state index contributed by atoms with van der Waals surface area (Å²) in [5.74, 6) is -0.302. The van der Waals surface area contributed by atoms with Gasteiger partial charge in [0.2, 0.25) is 11.8 Å². The molecule has 1 aliphatic rings. The highest BCUT2D eigenvalue weighted by molar-refractivity contribution is 6.03. The molecule has 1 rings (SSSR count). The maximum absolute atomic E-state index is 11.5. The Morgan fingerprint density at radius 2 is 2.07 bits per heavy atom. The Morgan fingerprint density at radius 3 is 2.43 bits per heavy atom. The van der Waals surface area contributed by atoms with E-state index in [1.54, 1.807) is 0 Å². The van der Waals surface area contributed by atoms with E-state index in [0.717, 1.165) is 19.3 Å². The first-order valence-corrected chi connectivity index (χ1v) is 5.37. The summed E-state index contributed by atoms with van der Waals surface area (Å²) in [4.78, 5) is 22.6. The van der Waals surface area contributed by atoms with Crippen molar-refractivity contribution < 1.29 is 9.59 Å². The fourth-order valence-electron chi connectivity index (χ4n) is 2.29. The second-order valence-electron chi connectivity index (χ2n) is 4.43. The fourth-order valence-corrected chi connectivity index (χ4v) is 2.29. The Kier molecular flexibility index (Phi) is 3.29. The molecule has 14 heavy (non-hydrogen) atoms. The van der Waals surface area contributed by atoms with Gasteiger partial charge in [0.25, 0.3) is 0 Å². The number of carbonyl (C=O) groups is 2. The van der Waals surface area contributed by atoms with Gasteiger partial charge < -0.3 is 0 Å². The van der Waals surface area contributed by atoms with Crippen LogP contribution in [0.25, 0.3) is 0 Å². The summed E-state index contributed by atoms with van der Waals surface area (Å²) in [5, 5.41) is 2.39. The average molecular weight is 197 g/mol. The van der Waals surface area contributed by atoms with E-state index < -0.39 is 0 Å². The molecule has 2 atom stereocenters. The highest BCUT2D eigenvalue weighted by Crippen LogP contribution is 2.39. The molecule has 0 spiro atoms. The first kappa shape index (κ1) is 11.2. The van der Waals surface area contributed by atoms with Gasteiger partial charge in [0.15, 0.2) is 0 Å². The van der Waals surface area contributed by atoms with E-state index in [2.05, 4.69) is 26.1 Å². The zero-order valence-electron chi connectivity index (χ0n) is 9.22. The van der Waals surface area contributed by atoms with E-state index in [4.69, 9.17) is 0 Å². The molecule has 0 aromatic carbocycles. The molecular formula is C11H19NO2. The number of amides is 2. The molecule has 2 amide bonds. The molecule has 1 saturated heterocycles. The van der Waals surface area contributed by atoms with Crippen LogP contribution in [0, 0.1) is 11.3 Å². The number of hydrogen-bond acceptors (Lipinski definition) is 2. The fraction of sp³-hybridized carbons (Fsp3) is 0.818. The Bertz CT molecular complexity index is 250. The molecule has 1 N–H and O–H groups in total. The summed E-state index contributed by atoms with van der Waals surface area (Å²) in [6.07, 6.45) is 3.40. The molecule has 0 radical (unpaired) electrons. The molecule has 1 fully saturated rings. The lowest BCUT2D eigenvalue weighted by atomic mass is 9.71. The maximum atomic E-state index is 11.5. The van der Waals surface area contributed by atoms with E-state index in [0.29, 0.717) is 6.42 Å². The van der Waals surface area contributed by atoms with Gasteiger partial charge in [0.1, 0.15) is 0 Å². The quantitative estimate of drug-likeness (QED) is 0.699. The smallest absolute Gasteiger partial charge is 0.230 e. The molecule has 0 aliphatic carbocycles. The lowest BCUT2D eigenvalue weighted by Crippen LogP contribution is -2.33. The minimum absolute atomic E-state index is 0.00894. The predicted molar refractivity (Wildman–Crippen MR) is 54.6 cm³/mol. The molecule has 0 saturated carbocycles. The van der Waals surface area contributed by atoms with Gasteiger partial charge in [-0.15, -0.1) is 0 Å². The van der Waals surface area contributed by atoms with Crippen molar-refractivity contribution in [3.63, 3.8) is 0 Å². The molecular weight excluding hydrogens is 178 g/mol. The van der Waals surface area contributed by atoms with Crippen molar-refractivity contribution in [2.45, 2.75) is 46.5 Å². The van der Waals surface area contributed by atoms with Crippen molar-refractivity contribution in [2.24, 2.45) is 11.3 Å². The number of nitrogens with one attached hydrogen (secondary N) is 1. The number of rotatable bonds is 4. The largest absolute Gasteiger partial charge is 0.296 e. The number of hydrogen-bond donors (Lipinski definition) is 1. The summed E-state index contributed by atoms with van der Waals surface area (Å²) in [5.41, 5.74) is -0.00894. The minimum Gasteiger partial charge on any atom is -0.296 e. The highest BCUT2D eigenvalue weighted by atomic mass is 16.2. The summed E-state index contributed by atoms with van der Waals surface area (Å²) in [6, 6.07) is 0. The Morgan fingerprint density at radius 1 is 1.43 bits per heavy atom. The predicted octanol–water partition coefficient (Wildman–Crippen LogP) is 1.87. The third kappa shape index (κ3) is 1.97. The topological polar surface area (TPSA) is 46.2 Å². The van der Waals surface area contributed by atoms with E-state index >= 15 is 0 Å². The summed E-state index contributed by atoms with van der Waals surface area (Å²) >= 11 is 0. The molecule has 3 heteroatoms. The van der Waals surface area contributed by atoms with Gasteiger partial charge in [-0.1, -0.05) is 27.2 Å². The second kappa shape index (κ2) is 4.11. The van der Waals surface area contributed by atoms with Crippen LogP contribution in [0.15, 0.2) is 0 Å². The molecule has 3 nitrogen and oxygen atoms in total. The number of imide groups is 1. The van der Waals surface area contributed by atoms with E-state index in [1.165, 1.54) is 0 Å². The van der Waals surface area contributed by atoms with Crippen LogP contribution in [0.3, 0.4) is 0 Å². The molecule has 1 heterocycles. The van der Waals surface area contributed by atoms with Gasteiger partial charge in [-0.2, -0.15) is 0 Å². The lowest BCUT2D eigenvalue weighted by Gasteiger charge is -2.32. The Hall–Kier alpha value is -0.860. The minimum atomic E-state index is -0.115. The zero-order valence-corrected chi connectivity index (χ0v) is 9.22. The molecule has 2 unspecified atom stereocenters. The van der Waals surface area contributed by atoms with Crippen LogP contribution >= 0.6 is 0 Å². The summed E-state index contributed by atoms with van der Waals surface area (Å²) in [7, 11) is 0. The van der Waals surface area contributed by atoms with Crippen LogP contribution in [0.4, 0.5) is 0 Å². The molecule has 1 aliphatic heterocycles. The summed E-state index contributed by atoms with van der Waals surface area (Å²) < 4.78 is 0. The molecule has 80 valence electrons. The van der Waals surface area contributed by atoms with Crippen LogP contribution < -0.4 is 5.32 Å². The molecule has 0 bridgehead atoms. The van der Waals surface area contributed by atoms with Gasteiger partial charge in [-0.05, 0) is 18.3 Å². The highest BCUT2D eigenvalue weighted by Gasteiger charge is 2.42. The average Bonchev–Trinajstić information content (AvgIpc) is 2.46. The van der Waals surface area contributed by atoms with Crippen LogP contribution in [0.2, 0.25) is 0 Å². The van der Waals surface area contributed by atoms with Gasteiger partial charge in [-0.25, -0.2) is 0 Å². The standard InChI is InChI=1S/C11H19NO2/c1-4-6-11(3,5-2)8-7-9(13)12-10(8)14/h8H,4-7H2,1-3H3,(H,12,13,14). The van der Waals surface area contributed by atoms with Crippen LogP contribution in [-0.2, 0) is 9.59 Å². The van der Waals surface area contributed by atoms with Crippen molar-refractivity contribution in [3.05, 3.63) is 0 Å². The first-order valence-electron chi connectivity index (χ1n) is 5.37. The summed E-state index contributed by atoms with van der Waals surface area (Å²) in [6.45, 7) is 6.31. The van der Waals surface area contributed by atoms with E-state index in [1.807, 2.05) is 0 Å². The van der Waals surface area contributed by atoms with Crippen molar-refractivity contribution in [3.8, 4) is 0 Å². The van der Waals surface area contributed by atoms with Crippen molar-refractivity contribution in [2.75, 3.05) is 0 Å². The number of carbonyl (C=O) groups excluding carboxylic acids is 2. The monoisotopic (exact) mass is 197 g/mol. The zero-order chi connectivity index (χ0) is 10.8. The normalized spacial score (nSPS) is 26.1. The molecule has 0 aromatic heterocycles. The Labute approximate surface area is 85.3 Å². The van der Waals surface area contributed by atoms with Crippen molar-refractivity contribution in [1.29, 1.82) is 0 Å². The van der Waals surface area contributed by atoms with Crippen molar-refractivity contribution in [1.82, 2.24) is 5.32 Å². The lowest BCUT2D eigenvalue weighted by molar-refractivity contribution is -0.127. The van der Waals surface area contributed by atoms with Crippen LogP contribution in [-0.4, -0.2) is 11.8 Å². The second-order valence-corrected chi connectivity index (χ2v) is 4.43. The van der Waals surface area contributed by atoms with Crippen molar-refractivity contribution >= 4 is 11.8 Å². The first-order chi connectivity index (χ1) is 6.53. The van der Waals surface area contributed by atoms with Gasteiger partial charge in [-0.3, -0.25) is 14.9 Å². The van der Waals surface area contributed by atoms with Crippen LogP contribution in [0.5, 0.6) is 0 Å². The van der Waals surface area contributed by atoms with Gasteiger partial charge in [0.05, 0.1) is 5.92 Å². The Balaban J connectivity index is 2.78. The van der Waals surface area contributed by atoms with Crippen LogP contribution in [0.1, 0.15) is 46.5 Å².